The number of nitrogens with zero attached hydrogens (tertiary/aromatic N) is 1. The van der Waals surface area contributed by atoms with Crippen molar-refractivity contribution in [1.29, 1.82) is 0 Å². The minimum Gasteiger partial charge on any atom is -0.388 e. The first-order valence-electron chi connectivity index (χ1n) is 13.1. The van der Waals surface area contributed by atoms with Gasteiger partial charge in [0.1, 0.15) is 29.9 Å². The number of carbonyl (C=O) groups excluding carboxylic acids is 1. The molecule has 0 aromatic rings. The van der Waals surface area contributed by atoms with Crippen LogP contribution in [0.1, 0.15) is 60.8 Å². The molecule has 2 aliphatic heterocycles. The summed E-state index contributed by atoms with van der Waals surface area (Å²) in [5.41, 5.74) is -0.846. The molecule has 2 heterocycles. The Labute approximate surface area is 231 Å². The van der Waals surface area contributed by atoms with E-state index in [9.17, 15) is 19.6 Å². The molecule has 0 saturated carbocycles. The molecule has 218 valence electrons. The van der Waals surface area contributed by atoms with Crippen LogP contribution in [0.3, 0.4) is 0 Å². The van der Waals surface area contributed by atoms with Crippen LogP contribution in [0.15, 0.2) is 0 Å². The number of aliphatic hydroxyl groups excluding tert-OH is 2. The van der Waals surface area contributed by atoms with Crippen molar-refractivity contribution in [3.05, 3.63) is 0 Å². The van der Waals surface area contributed by atoms with Crippen LogP contribution in [0.25, 0.3) is 0 Å². The quantitative estimate of drug-likeness (QED) is 0.218. The number of rotatable bonds is 13. The molecule has 10 nitrogen and oxygen atoms in total. The van der Waals surface area contributed by atoms with E-state index in [1.807, 2.05) is 11.9 Å². The number of hydrogen-bond donors (Lipinski definition) is 3. The molecule has 3 N–H and O–H groups in total. The Morgan fingerprint density at radius 2 is 1.78 bits per heavy atom. The monoisotopic (exact) mass is 588 g/mol. The molecule has 0 aliphatic carbocycles. The second-order valence-electron chi connectivity index (χ2n) is 10.6. The third-order valence-corrected chi connectivity index (χ3v) is 9.51. The van der Waals surface area contributed by atoms with Gasteiger partial charge in [0.15, 0.2) is 0 Å². The van der Waals surface area contributed by atoms with Crippen LogP contribution < -0.4 is 5.32 Å². The van der Waals surface area contributed by atoms with Crippen molar-refractivity contribution < 1.29 is 37.9 Å². The summed E-state index contributed by atoms with van der Waals surface area (Å²) in [6, 6.07) is -1.10. The van der Waals surface area contributed by atoms with E-state index in [0.717, 1.165) is 25.8 Å². The van der Waals surface area contributed by atoms with Crippen molar-refractivity contribution in [3.8, 4) is 0 Å². The number of ether oxygens (including phenoxy) is 1. The molecule has 0 radical (unpaired) electrons. The molecule has 37 heavy (non-hydrogen) atoms. The van der Waals surface area contributed by atoms with Gasteiger partial charge in [-0.15, -0.1) is 23.4 Å². The van der Waals surface area contributed by atoms with Gasteiger partial charge in [-0.3, -0.25) is 23.3 Å². The van der Waals surface area contributed by atoms with Gasteiger partial charge in [0, 0.05) is 6.54 Å². The van der Waals surface area contributed by atoms with Gasteiger partial charge < -0.3 is 20.3 Å². The number of phosphoric acid groups is 1. The topological polar surface area (TPSA) is 127 Å². The van der Waals surface area contributed by atoms with Crippen molar-refractivity contribution in [3.63, 3.8) is 0 Å². The van der Waals surface area contributed by atoms with Crippen molar-refractivity contribution in [1.82, 2.24) is 10.2 Å². The fourth-order valence-electron chi connectivity index (χ4n) is 4.95. The van der Waals surface area contributed by atoms with E-state index < -0.39 is 61.3 Å². The summed E-state index contributed by atoms with van der Waals surface area (Å²) >= 11 is 7.69. The van der Waals surface area contributed by atoms with Gasteiger partial charge >= 0.3 is 7.82 Å². The smallest absolute Gasteiger partial charge is 0.388 e. The van der Waals surface area contributed by atoms with E-state index in [1.165, 1.54) is 11.8 Å². The van der Waals surface area contributed by atoms with E-state index in [2.05, 4.69) is 12.2 Å². The van der Waals surface area contributed by atoms with Crippen molar-refractivity contribution >= 4 is 37.1 Å². The molecular weight excluding hydrogens is 543 g/mol. The zero-order valence-electron chi connectivity index (χ0n) is 23.2. The normalized spacial score (nSPS) is 33.2. The summed E-state index contributed by atoms with van der Waals surface area (Å²) < 4.78 is 36.1. The van der Waals surface area contributed by atoms with Crippen molar-refractivity contribution in [2.45, 2.75) is 120 Å². The number of likely N-dealkylation sites (tertiary alicyclic amines) is 1. The SMILES string of the molecule is CCC[C@@H]1C[C@@H](C(=O)N[C@@H]([C@H]2O[C@H](SC)[C@H](OP(=O)(OC(C)C)OC(C)C)[C@@H](O)[C@H]2O)[C@H](C)Cl)N(C)C1. The zero-order chi connectivity index (χ0) is 28.1. The number of phosphoric ester groups is 1. The van der Waals surface area contributed by atoms with Crippen LogP contribution in [0.5, 0.6) is 0 Å². The molecule has 2 aliphatic rings. The zero-order valence-corrected chi connectivity index (χ0v) is 25.7. The van der Waals surface area contributed by atoms with Crippen molar-refractivity contribution in [2.24, 2.45) is 5.92 Å². The number of alkyl halides is 1. The van der Waals surface area contributed by atoms with E-state index >= 15 is 0 Å². The predicted octanol–water partition coefficient (Wildman–Crippen LogP) is 3.37. The highest BCUT2D eigenvalue weighted by Crippen LogP contribution is 2.54. The predicted molar refractivity (Wildman–Crippen MR) is 146 cm³/mol. The number of thioether (sulfide) groups is 1. The first-order valence-corrected chi connectivity index (χ1v) is 16.3. The lowest BCUT2D eigenvalue weighted by molar-refractivity contribution is -0.203. The summed E-state index contributed by atoms with van der Waals surface area (Å²) in [4.78, 5) is 15.3. The summed E-state index contributed by atoms with van der Waals surface area (Å²) in [5, 5.41) is 24.5. The summed E-state index contributed by atoms with van der Waals surface area (Å²) in [6.45, 7) is 11.4. The number of nitrogens with one attached hydrogen (secondary N) is 1. The van der Waals surface area contributed by atoms with Gasteiger partial charge in [-0.2, -0.15) is 0 Å². The van der Waals surface area contributed by atoms with Crippen LogP contribution >= 0.6 is 31.2 Å². The molecule has 2 fully saturated rings. The average molecular weight is 589 g/mol. The van der Waals surface area contributed by atoms with Crippen LogP contribution in [0.2, 0.25) is 0 Å². The maximum atomic E-state index is 13.3. The highest BCUT2D eigenvalue weighted by molar-refractivity contribution is 7.99. The molecule has 9 atom stereocenters. The van der Waals surface area contributed by atoms with Gasteiger partial charge in [-0.25, -0.2) is 4.57 Å². The second kappa shape index (κ2) is 14.6. The minimum absolute atomic E-state index is 0.192. The lowest BCUT2D eigenvalue weighted by Gasteiger charge is -2.45. The highest BCUT2D eigenvalue weighted by Gasteiger charge is 2.52. The Hall–Kier alpha value is 0.0600. The summed E-state index contributed by atoms with van der Waals surface area (Å²) in [7, 11) is -2.17. The Morgan fingerprint density at radius 1 is 1.19 bits per heavy atom. The molecule has 0 aromatic heterocycles. The van der Waals surface area contributed by atoms with Gasteiger partial charge in [-0.1, -0.05) is 13.3 Å². The second-order valence-corrected chi connectivity index (χ2v) is 13.7. The molecule has 13 heteroatoms. The number of aliphatic hydroxyl groups is 2. The lowest BCUT2D eigenvalue weighted by atomic mass is 9.92. The largest absolute Gasteiger partial charge is 0.475 e. The molecule has 2 saturated heterocycles. The molecule has 0 aromatic carbocycles. The van der Waals surface area contributed by atoms with Crippen molar-refractivity contribution in [2.75, 3.05) is 19.8 Å². The third-order valence-electron chi connectivity index (χ3n) is 6.54. The molecule has 1 amide bonds. The average Bonchev–Trinajstić information content (AvgIpc) is 3.14. The van der Waals surface area contributed by atoms with Gasteiger partial charge in [0.2, 0.25) is 5.91 Å². The third kappa shape index (κ3) is 9.03. The number of likely N-dealkylation sites (N-methyl/N-ethyl adjacent to an activating group) is 1. The van der Waals surface area contributed by atoms with E-state index in [1.54, 1.807) is 40.9 Å². The standard InChI is InChI=1S/C24H46ClN2O8PS/c1-9-10-16-11-17(27(7)12-16)23(30)26-18(15(6)25)21-19(28)20(29)22(24(32-21)37-8)35-36(31,33-13(2)3)34-14(4)5/h13-22,24,28-29H,9-12H2,1-8H3,(H,26,30)/t15-,16+,17-,18+,19+,20-,21+,22+,24+/m0/s1. The first kappa shape index (κ1) is 33.3. The van der Waals surface area contributed by atoms with E-state index in [0.29, 0.717) is 5.92 Å². The summed E-state index contributed by atoms with van der Waals surface area (Å²) in [6.07, 6.45) is -1.58. The number of carbonyl (C=O) groups is 1. The van der Waals surface area contributed by atoms with Gasteiger partial charge in [0.25, 0.3) is 0 Å². The minimum atomic E-state index is -4.10. The molecule has 0 unspecified atom stereocenters. The molecule has 2 rings (SSSR count). The fraction of sp³-hybridized carbons (Fsp3) is 0.958. The molecule has 0 spiro atoms. The maximum Gasteiger partial charge on any atom is 0.475 e. The van der Waals surface area contributed by atoms with E-state index in [-0.39, 0.29) is 11.9 Å². The van der Waals surface area contributed by atoms with Crippen LogP contribution in [-0.4, -0.2) is 100 Å². The summed E-state index contributed by atoms with van der Waals surface area (Å²) in [5.74, 6) is 0.259. The fourth-order valence-corrected chi connectivity index (χ4v) is 7.68. The Balaban J connectivity index is 2.21. The highest BCUT2D eigenvalue weighted by atomic mass is 35.5. The lowest BCUT2D eigenvalue weighted by Crippen LogP contribution is -2.65. The first-order chi connectivity index (χ1) is 17.2. The maximum absolute atomic E-state index is 13.3. The van der Waals surface area contributed by atoms with Crippen LogP contribution in [-0.2, 0) is 27.7 Å². The van der Waals surface area contributed by atoms with Crippen LogP contribution in [0, 0.1) is 5.92 Å². The Kier molecular flexibility index (Phi) is 13.1. The van der Waals surface area contributed by atoms with E-state index in [4.69, 9.17) is 29.9 Å². The van der Waals surface area contributed by atoms with Gasteiger partial charge in [-0.05, 0) is 66.7 Å². The number of hydrogen-bond acceptors (Lipinski definition) is 10. The Bertz CT molecular complexity index is 763. The van der Waals surface area contributed by atoms with Crippen LogP contribution in [0.4, 0.5) is 0 Å². The van der Waals surface area contributed by atoms with Gasteiger partial charge in [0.05, 0.1) is 29.7 Å². The molecule has 0 bridgehead atoms. The Morgan fingerprint density at radius 3 is 2.27 bits per heavy atom. The number of amides is 1. The molecular formula is C24H46ClN2O8PS. The number of halogens is 1.